The molecule has 0 bridgehead atoms. The summed E-state index contributed by atoms with van der Waals surface area (Å²) in [6.07, 6.45) is 3.61. The topological polar surface area (TPSA) is 56.7 Å². The second-order valence-electron chi connectivity index (χ2n) is 10.8. The van der Waals surface area contributed by atoms with Gasteiger partial charge in [-0.25, -0.2) is 4.98 Å². The molecule has 0 saturated heterocycles. The molecule has 4 aromatic heterocycles. The van der Waals surface area contributed by atoms with Gasteiger partial charge in [0.2, 0.25) is 0 Å². The van der Waals surface area contributed by atoms with Gasteiger partial charge in [-0.3, -0.25) is 4.98 Å². The summed E-state index contributed by atoms with van der Waals surface area (Å²) in [5.41, 5.74) is 8.91. The Morgan fingerprint density at radius 2 is 1.62 bits per heavy atom. The van der Waals surface area contributed by atoms with Crippen molar-refractivity contribution < 1.29 is 25.9 Å². The summed E-state index contributed by atoms with van der Waals surface area (Å²) in [6, 6.07) is 42.3. The molecule has 6 heteroatoms. The summed E-state index contributed by atoms with van der Waals surface area (Å²) in [7, 11) is 0. The molecule has 0 spiro atoms. The number of nitrogens with zero attached hydrogens (tertiary/aromatic N) is 4. The van der Waals surface area contributed by atoms with Crippen LogP contribution in [-0.4, -0.2) is 19.5 Å². The molecule has 0 fully saturated rings. The molecule has 0 atom stereocenters. The number of aryl methyl sites for hydroxylation is 1. The van der Waals surface area contributed by atoms with Crippen LogP contribution >= 0.6 is 0 Å². The van der Waals surface area contributed by atoms with Gasteiger partial charge in [-0.2, -0.15) is 0 Å². The van der Waals surface area contributed by atoms with Crippen LogP contribution in [0.25, 0.3) is 61.4 Å². The second-order valence-corrected chi connectivity index (χ2v) is 10.8. The van der Waals surface area contributed by atoms with Gasteiger partial charge in [-0.15, -0.1) is 54.1 Å². The fourth-order valence-corrected chi connectivity index (χ4v) is 5.38. The molecule has 5 nitrogen and oxygen atoms in total. The predicted molar refractivity (Wildman–Crippen MR) is 178 cm³/mol. The Morgan fingerprint density at radius 1 is 0.800 bits per heavy atom. The van der Waals surface area contributed by atoms with Crippen molar-refractivity contribution in [3.05, 3.63) is 145 Å². The third-order valence-electron chi connectivity index (χ3n) is 7.65. The first kappa shape index (κ1) is 28.8. The Kier molecular flexibility index (Phi) is 8.33. The van der Waals surface area contributed by atoms with Crippen molar-refractivity contribution in [1.82, 2.24) is 19.5 Å². The quantitative estimate of drug-likeness (QED) is 0.168. The third-order valence-corrected chi connectivity index (χ3v) is 7.65. The van der Waals surface area contributed by atoms with Crippen LogP contribution in [0.2, 0.25) is 0 Å². The number of hydrogen-bond donors (Lipinski definition) is 0. The van der Waals surface area contributed by atoms with E-state index < -0.39 is 5.89 Å². The number of hydrogen-bond acceptors (Lipinski definition) is 4. The van der Waals surface area contributed by atoms with Gasteiger partial charge >= 0.3 is 0 Å². The molecule has 8 rings (SSSR count). The van der Waals surface area contributed by atoms with E-state index in [0.29, 0.717) is 0 Å². The molecule has 4 heterocycles. The van der Waals surface area contributed by atoms with E-state index in [1.807, 2.05) is 124 Å². The van der Waals surface area contributed by atoms with Crippen molar-refractivity contribution in [2.75, 3.05) is 0 Å². The number of rotatable bonds is 4. The van der Waals surface area contributed by atoms with Gasteiger partial charge in [-0.05, 0) is 60.0 Å². The number of pyridine rings is 2. The van der Waals surface area contributed by atoms with Crippen LogP contribution in [0.15, 0.2) is 126 Å². The smallest absolute Gasteiger partial charge is 0.155 e. The van der Waals surface area contributed by atoms with Crippen LogP contribution in [0.4, 0.5) is 0 Å². The average molecular weight is 764 g/mol. The van der Waals surface area contributed by atoms with Crippen LogP contribution in [0, 0.1) is 19.1 Å². The van der Waals surface area contributed by atoms with Gasteiger partial charge in [0.25, 0.3) is 0 Å². The maximum atomic E-state index is 8.40. The van der Waals surface area contributed by atoms with Crippen LogP contribution in [0.3, 0.4) is 0 Å². The van der Waals surface area contributed by atoms with E-state index in [1.54, 1.807) is 6.20 Å². The summed E-state index contributed by atoms with van der Waals surface area (Å²) in [4.78, 5) is 13.9. The van der Waals surface area contributed by atoms with Crippen LogP contribution < -0.4 is 0 Å². The molecule has 0 saturated carbocycles. The average Bonchev–Trinajstić information content (AvgIpc) is 3.65. The van der Waals surface area contributed by atoms with Gasteiger partial charge in [-0.1, -0.05) is 67.3 Å². The molecule has 8 aromatic rings. The van der Waals surface area contributed by atoms with E-state index in [2.05, 4.69) is 38.8 Å². The van der Waals surface area contributed by atoms with E-state index in [4.69, 9.17) is 10.8 Å². The third kappa shape index (κ3) is 5.83. The fourth-order valence-electron chi connectivity index (χ4n) is 5.38. The maximum absolute atomic E-state index is 8.40. The van der Waals surface area contributed by atoms with Gasteiger partial charge in [0.05, 0.1) is 16.9 Å². The minimum Gasteiger partial charge on any atom is -0.501 e. The Hall–Kier alpha value is -4.90. The minimum atomic E-state index is -0.702. The zero-order valence-corrected chi connectivity index (χ0v) is 27.5. The van der Waals surface area contributed by atoms with Crippen LogP contribution in [-0.2, 0) is 20.1 Å². The molecule has 1 radical (unpaired) electrons. The number of fused-ring (bicyclic) bond motifs is 4. The van der Waals surface area contributed by atoms with E-state index in [0.717, 1.165) is 72.6 Å². The molecule has 0 N–H and O–H groups in total. The maximum Gasteiger partial charge on any atom is 0.155 e. The molecule has 0 aliphatic rings. The number of benzene rings is 4. The molecule has 0 amide bonds. The largest absolute Gasteiger partial charge is 0.501 e. The fraction of sp³-hybridized carbons (Fsp3) is 0.103. The Morgan fingerprint density at radius 3 is 2.38 bits per heavy atom. The van der Waals surface area contributed by atoms with Crippen molar-refractivity contribution in [3.63, 3.8) is 0 Å². The van der Waals surface area contributed by atoms with Gasteiger partial charge in [0.1, 0.15) is 5.58 Å². The number of aromatic nitrogens is 4. The monoisotopic (exact) mass is 764 g/mol. The van der Waals surface area contributed by atoms with Crippen molar-refractivity contribution in [3.8, 4) is 28.3 Å². The molecule has 223 valence electrons. The first-order valence-electron chi connectivity index (χ1n) is 15.0. The van der Waals surface area contributed by atoms with E-state index in [9.17, 15) is 0 Å². The molecule has 0 unspecified atom stereocenters. The first-order chi connectivity index (χ1) is 21.9. The van der Waals surface area contributed by atoms with Crippen molar-refractivity contribution in [2.24, 2.45) is 0 Å². The second kappa shape index (κ2) is 13.0. The van der Waals surface area contributed by atoms with Gasteiger partial charge in [0.15, 0.2) is 5.65 Å². The molecule has 4 aromatic carbocycles. The van der Waals surface area contributed by atoms with Crippen LogP contribution in [0.1, 0.15) is 32.2 Å². The van der Waals surface area contributed by atoms with E-state index in [-0.39, 0.29) is 20.1 Å². The molecular weight excluding hydrogens is 733 g/mol. The normalized spacial score (nSPS) is 11.6. The number of imidazole rings is 1. The Balaban J connectivity index is 0.000000241. The summed E-state index contributed by atoms with van der Waals surface area (Å²) in [5, 5.41) is 2.02. The van der Waals surface area contributed by atoms with Crippen molar-refractivity contribution in [1.29, 1.82) is 0 Å². The summed E-state index contributed by atoms with van der Waals surface area (Å²) < 4.78 is 16.9. The number of para-hydroxylation sites is 1. The zero-order valence-electron chi connectivity index (χ0n) is 26.1. The van der Waals surface area contributed by atoms with Crippen molar-refractivity contribution in [2.45, 2.75) is 26.7 Å². The van der Waals surface area contributed by atoms with E-state index in [1.165, 1.54) is 0 Å². The number of furan rings is 1. The molecule has 45 heavy (non-hydrogen) atoms. The zero-order chi connectivity index (χ0) is 31.0. The summed E-state index contributed by atoms with van der Waals surface area (Å²) >= 11 is 0. The predicted octanol–water partition coefficient (Wildman–Crippen LogP) is 9.77. The Bertz CT molecular complexity index is 2220. The summed E-state index contributed by atoms with van der Waals surface area (Å²) in [5.74, 6) is 0.0378. The van der Waals surface area contributed by atoms with Crippen molar-refractivity contribution >= 4 is 33.1 Å². The molecule has 0 aliphatic heterocycles. The first-order valence-corrected chi connectivity index (χ1v) is 14.5. The SMILES string of the molecule is [2H]C(C)(C)c1ccc2c(c1)oc1c(-c3nc4c(C)ccnc4n3-c3ccccc3)[c-]ccc12.[Ir].[c-]1ccccc1-c1ccccn1. The molecule has 0 aliphatic carbocycles. The van der Waals surface area contributed by atoms with E-state index >= 15 is 0 Å². The Labute approximate surface area is 277 Å². The summed E-state index contributed by atoms with van der Waals surface area (Å²) in [6.45, 7) is 5.81. The van der Waals surface area contributed by atoms with Crippen LogP contribution in [0.5, 0.6) is 0 Å². The standard InChI is InChI=1S/C28H22N3O.C11H8N.Ir/c1-17(2)19-12-13-21-22-10-7-11-23(26(22)32-24(21)16-19)27-30-25-18(3)14-15-29-28(25)31(27)20-8-5-4-6-9-20;1-2-6-10(7-3-1)11-8-4-5-9-12-11;/h4-10,12-17H,1-3H3;1-6,8-9H;/q2*-1;/i17D;;. The minimum absolute atomic E-state index is 0. The van der Waals surface area contributed by atoms with Gasteiger partial charge in [0, 0.05) is 44.9 Å². The van der Waals surface area contributed by atoms with Gasteiger partial charge < -0.3 is 14.0 Å². The molecular formula is C39H30IrN4O-2.